The van der Waals surface area contributed by atoms with Gasteiger partial charge in [-0.3, -0.25) is 4.98 Å². The Labute approximate surface area is 61.3 Å². The Morgan fingerprint density at radius 2 is 2.40 bits per heavy atom. The van der Waals surface area contributed by atoms with Crippen molar-refractivity contribution in [2.24, 2.45) is 5.11 Å². The highest BCUT2D eigenvalue weighted by Crippen LogP contribution is 2.09. The third kappa shape index (κ3) is 1.58. The Kier molecular flexibility index (Phi) is 2.04. The molecule has 0 unspecified atom stereocenters. The smallest absolute Gasteiger partial charge is 0.147 e. The maximum atomic E-state index is 7.96. The zero-order valence-electron chi connectivity index (χ0n) is 4.77. The van der Waals surface area contributed by atoms with Gasteiger partial charge in [0.05, 0.1) is 12.4 Å². The lowest BCUT2D eigenvalue weighted by Crippen LogP contribution is -1.76. The highest BCUT2D eigenvalue weighted by molar-refractivity contribution is 6.29. The van der Waals surface area contributed by atoms with Gasteiger partial charge in [0.1, 0.15) is 11.0 Å². The van der Waals surface area contributed by atoms with Crippen molar-refractivity contribution in [3.8, 4) is 0 Å². The summed E-state index contributed by atoms with van der Waals surface area (Å²) in [5.74, 6) is 0.176. The van der Waals surface area contributed by atoms with Crippen LogP contribution in [-0.4, -0.2) is 9.97 Å². The van der Waals surface area contributed by atoms with Gasteiger partial charge in [-0.25, -0.2) is 4.98 Å². The minimum absolute atomic E-state index is 0.176. The van der Waals surface area contributed by atoms with Crippen molar-refractivity contribution in [1.82, 2.24) is 9.97 Å². The van der Waals surface area contributed by atoms with Crippen molar-refractivity contribution in [3.63, 3.8) is 0 Å². The molecule has 10 heavy (non-hydrogen) atoms. The van der Waals surface area contributed by atoms with Crippen LogP contribution in [0, 0.1) is 0 Å². The number of nitrogens with zero attached hydrogens (tertiary/aromatic N) is 5. The largest absolute Gasteiger partial charge is 0.259 e. The maximum Gasteiger partial charge on any atom is 0.147 e. The molecule has 6 heteroatoms. The molecular weight excluding hydrogens is 154 g/mol. The summed E-state index contributed by atoms with van der Waals surface area (Å²) in [5.41, 5.74) is 7.96. The summed E-state index contributed by atoms with van der Waals surface area (Å²) in [6, 6.07) is 0. The predicted molar refractivity (Wildman–Crippen MR) is 35.8 cm³/mol. The van der Waals surface area contributed by atoms with E-state index in [1.54, 1.807) is 0 Å². The molecule has 0 amide bonds. The van der Waals surface area contributed by atoms with E-state index < -0.39 is 0 Å². The molecule has 0 bridgehead atoms. The van der Waals surface area contributed by atoms with Crippen LogP contribution in [0.25, 0.3) is 10.4 Å². The third-order valence-corrected chi connectivity index (χ3v) is 0.922. The molecule has 0 aliphatic heterocycles. The van der Waals surface area contributed by atoms with Gasteiger partial charge in [-0.2, -0.15) is 0 Å². The molecule has 0 radical (unpaired) electrons. The van der Waals surface area contributed by atoms with E-state index in [-0.39, 0.29) is 11.0 Å². The molecule has 0 N–H and O–H groups in total. The molecule has 0 aliphatic rings. The molecule has 1 aromatic heterocycles. The summed E-state index contributed by atoms with van der Waals surface area (Å²) in [6.07, 6.45) is 2.68. The van der Waals surface area contributed by atoms with E-state index >= 15 is 0 Å². The number of hydrogen-bond donors (Lipinski definition) is 0. The van der Waals surface area contributed by atoms with E-state index in [9.17, 15) is 0 Å². The van der Waals surface area contributed by atoms with Crippen LogP contribution < -0.4 is 0 Å². The van der Waals surface area contributed by atoms with E-state index in [0.717, 1.165) is 0 Å². The highest BCUT2D eigenvalue weighted by atomic mass is 35.5. The number of rotatable bonds is 1. The molecule has 1 heterocycles. The second-order valence-corrected chi connectivity index (χ2v) is 1.78. The van der Waals surface area contributed by atoms with Gasteiger partial charge in [0.25, 0.3) is 0 Å². The summed E-state index contributed by atoms with van der Waals surface area (Å²) in [6.45, 7) is 0. The fourth-order valence-electron chi connectivity index (χ4n) is 0.427. The number of azide groups is 1. The van der Waals surface area contributed by atoms with Gasteiger partial charge in [0.2, 0.25) is 0 Å². The van der Waals surface area contributed by atoms with Crippen molar-refractivity contribution in [2.75, 3.05) is 0 Å². The normalized spacial score (nSPS) is 8.50. The molecule has 0 atom stereocenters. The Hall–Kier alpha value is -1.32. The number of aromatic nitrogens is 2. The Bertz CT molecular complexity index is 279. The van der Waals surface area contributed by atoms with Crippen molar-refractivity contribution in [1.29, 1.82) is 0 Å². The van der Waals surface area contributed by atoms with Crippen LogP contribution in [0.15, 0.2) is 17.5 Å². The van der Waals surface area contributed by atoms with Crippen LogP contribution >= 0.6 is 11.6 Å². The molecule has 0 aliphatic carbocycles. The van der Waals surface area contributed by atoms with Crippen LogP contribution in [-0.2, 0) is 0 Å². The van der Waals surface area contributed by atoms with Gasteiger partial charge < -0.3 is 0 Å². The molecule has 0 saturated heterocycles. The number of halogens is 1. The average molecular weight is 156 g/mol. The quantitative estimate of drug-likeness (QED) is 0.354. The first kappa shape index (κ1) is 6.80. The molecule has 0 fully saturated rings. The Morgan fingerprint density at radius 3 is 3.00 bits per heavy atom. The first-order chi connectivity index (χ1) is 4.83. The molecule has 0 spiro atoms. The summed E-state index contributed by atoms with van der Waals surface area (Å²) in [5, 5.41) is 3.40. The minimum atomic E-state index is 0.176. The first-order valence-corrected chi connectivity index (χ1v) is 2.73. The lowest BCUT2D eigenvalue weighted by molar-refractivity contribution is 1.17. The van der Waals surface area contributed by atoms with E-state index in [4.69, 9.17) is 17.1 Å². The second kappa shape index (κ2) is 3.00. The molecule has 1 rings (SSSR count). The van der Waals surface area contributed by atoms with E-state index in [1.807, 2.05) is 0 Å². The van der Waals surface area contributed by atoms with Crippen molar-refractivity contribution in [2.45, 2.75) is 0 Å². The van der Waals surface area contributed by atoms with Crippen LogP contribution in [0.5, 0.6) is 0 Å². The van der Waals surface area contributed by atoms with E-state index in [1.165, 1.54) is 12.4 Å². The van der Waals surface area contributed by atoms with Crippen molar-refractivity contribution < 1.29 is 0 Å². The lowest BCUT2D eigenvalue weighted by Gasteiger charge is -1.87. The van der Waals surface area contributed by atoms with Crippen molar-refractivity contribution in [3.05, 3.63) is 28.0 Å². The average Bonchev–Trinajstić information content (AvgIpc) is 1.88. The molecular formula is C4H2ClN5. The summed E-state index contributed by atoms with van der Waals surface area (Å²) in [4.78, 5) is 9.80. The van der Waals surface area contributed by atoms with Crippen LogP contribution in [0.4, 0.5) is 5.82 Å². The monoisotopic (exact) mass is 155 g/mol. The van der Waals surface area contributed by atoms with E-state index in [2.05, 4.69) is 20.0 Å². The molecule has 0 aromatic carbocycles. The summed E-state index contributed by atoms with van der Waals surface area (Å²) >= 11 is 5.42. The molecule has 0 saturated carbocycles. The van der Waals surface area contributed by atoms with E-state index in [0.29, 0.717) is 0 Å². The fraction of sp³-hybridized carbons (Fsp3) is 0. The third-order valence-electron chi connectivity index (χ3n) is 0.740. The van der Waals surface area contributed by atoms with Gasteiger partial charge in [0, 0.05) is 4.91 Å². The number of hydrogen-bond acceptors (Lipinski definition) is 3. The van der Waals surface area contributed by atoms with Crippen molar-refractivity contribution >= 4 is 17.4 Å². The highest BCUT2D eigenvalue weighted by Gasteiger charge is 1.90. The van der Waals surface area contributed by atoms with Crippen LogP contribution in [0.1, 0.15) is 0 Å². The molecule has 1 aromatic rings. The predicted octanol–water partition coefficient (Wildman–Crippen LogP) is 2.07. The zero-order valence-corrected chi connectivity index (χ0v) is 5.52. The standard InChI is InChI=1S/C4H2ClN5/c5-3-1-7-2-4(8-3)9-10-6/h1-2H. The summed E-state index contributed by atoms with van der Waals surface area (Å²) in [7, 11) is 0. The topological polar surface area (TPSA) is 74.5 Å². The summed E-state index contributed by atoms with van der Waals surface area (Å²) < 4.78 is 0. The molecule has 50 valence electrons. The SMILES string of the molecule is [N-]=[N+]=Nc1cncc(Cl)n1. The lowest BCUT2D eigenvalue weighted by atomic mass is 10.7. The molecule has 5 nitrogen and oxygen atoms in total. The van der Waals surface area contributed by atoms with Crippen LogP contribution in [0.3, 0.4) is 0 Å². The van der Waals surface area contributed by atoms with Gasteiger partial charge in [0.15, 0.2) is 0 Å². The van der Waals surface area contributed by atoms with Gasteiger partial charge in [-0.15, -0.1) is 0 Å². The van der Waals surface area contributed by atoms with Gasteiger partial charge in [-0.05, 0) is 10.6 Å². The maximum absolute atomic E-state index is 7.96. The van der Waals surface area contributed by atoms with Crippen LogP contribution in [0.2, 0.25) is 5.15 Å². The minimum Gasteiger partial charge on any atom is -0.259 e. The fourth-order valence-corrected chi connectivity index (χ4v) is 0.570. The van der Waals surface area contributed by atoms with Gasteiger partial charge >= 0.3 is 0 Å². The first-order valence-electron chi connectivity index (χ1n) is 2.35. The Balaban J connectivity index is 3.06. The second-order valence-electron chi connectivity index (χ2n) is 1.39. The Morgan fingerprint density at radius 1 is 1.60 bits per heavy atom. The van der Waals surface area contributed by atoms with Gasteiger partial charge in [-0.1, -0.05) is 11.6 Å². The zero-order chi connectivity index (χ0) is 7.40.